The number of carbonyl (C=O) groups is 2. The van der Waals surface area contributed by atoms with Crippen LogP contribution in [0.25, 0.3) is 0 Å². The Labute approximate surface area is 124 Å². The number of nitrogens with zero attached hydrogens (tertiary/aromatic N) is 1. The van der Waals surface area contributed by atoms with Gasteiger partial charge in [-0.15, -0.1) is 0 Å². The van der Waals surface area contributed by atoms with Crippen molar-refractivity contribution >= 4 is 29.1 Å². The van der Waals surface area contributed by atoms with Crippen LogP contribution in [0.5, 0.6) is 0 Å². The van der Waals surface area contributed by atoms with Gasteiger partial charge in [0.15, 0.2) is 0 Å². The molecule has 1 aliphatic rings. The smallest absolute Gasteiger partial charge is 0.252 e. The topological polar surface area (TPSA) is 49.4 Å². The highest BCUT2D eigenvalue weighted by Crippen LogP contribution is 2.30. The number of nitrogens with one attached hydrogen (secondary N) is 1. The van der Waals surface area contributed by atoms with Crippen LogP contribution in [-0.2, 0) is 9.59 Å². The minimum atomic E-state index is -0.873. The molecular formula is C15H19ClN2O2. The van der Waals surface area contributed by atoms with E-state index in [1.165, 1.54) is 0 Å². The molecule has 1 heterocycles. The lowest BCUT2D eigenvalue weighted by molar-refractivity contribution is -0.129. The van der Waals surface area contributed by atoms with Crippen molar-refractivity contribution in [2.75, 3.05) is 11.4 Å². The van der Waals surface area contributed by atoms with Crippen LogP contribution in [0.1, 0.15) is 32.3 Å². The molecule has 4 nitrogen and oxygen atoms in total. The van der Waals surface area contributed by atoms with E-state index < -0.39 is 5.54 Å². The Morgan fingerprint density at radius 3 is 2.70 bits per heavy atom. The lowest BCUT2D eigenvalue weighted by Crippen LogP contribution is -2.54. The molecule has 1 N–H and O–H groups in total. The zero-order valence-corrected chi connectivity index (χ0v) is 12.8. The average molecular weight is 295 g/mol. The number of carbonyl (C=O) groups excluding carboxylic acids is 2. The second-order valence-corrected chi connectivity index (χ2v) is 5.80. The Balaban J connectivity index is 2.44. The maximum atomic E-state index is 12.7. The summed E-state index contributed by atoms with van der Waals surface area (Å²) < 4.78 is 0. The molecule has 0 aliphatic carbocycles. The third-order valence-electron chi connectivity index (χ3n) is 3.80. The number of halogens is 1. The molecule has 2 rings (SSSR count). The zero-order valence-electron chi connectivity index (χ0n) is 12.0. The van der Waals surface area contributed by atoms with Gasteiger partial charge in [-0.3, -0.25) is 9.59 Å². The number of amides is 2. The summed E-state index contributed by atoms with van der Waals surface area (Å²) in [6.07, 6.45) is 0.823. The first-order chi connectivity index (χ1) is 9.37. The molecule has 1 aromatic rings. The third kappa shape index (κ3) is 2.66. The summed E-state index contributed by atoms with van der Waals surface area (Å²) in [5.41, 5.74) is 0.828. The van der Waals surface area contributed by atoms with E-state index in [2.05, 4.69) is 5.32 Å². The van der Waals surface area contributed by atoms with E-state index in [0.29, 0.717) is 23.7 Å². The highest BCUT2D eigenvalue weighted by Gasteiger charge is 2.40. The quantitative estimate of drug-likeness (QED) is 0.911. The van der Waals surface area contributed by atoms with Crippen LogP contribution in [0.15, 0.2) is 18.2 Å². The molecular weight excluding hydrogens is 276 g/mol. The highest BCUT2D eigenvalue weighted by atomic mass is 35.5. The Morgan fingerprint density at radius 2 is 2.10 bits per heavy atom. The van der Waals surface area contributed by atoms with Gasteiger partial charge in [0.05, 0.1) is 10.7 Å². The summed E-state index contributed by atoms with van der Waals surface area (Å²) in [5.74, 6) is -0.218. The Kier molecular flexibility index (Phi) is 4.04. The summed E-state index contributed by atoms with van der Waals surface area (Å²) in [6, 6.07) is 5.58. The van der Waals surface area contributed by atoms with Gasteiger partial charge in [0.25, 0.3) is 5.91 Å². The van der Waals surface area contributed by atoms with Crippen LogP contribution in [-0.4, -0.2) is 23.9 Å². The molecule has 1 aromatic carbocycles. The molecule has 1 atom stereocenters. The molecule has 1 aliphatic heterocycles. The van der Waals surface area contributed by atoms with Gasteiger partial charge in [0, 0.05) is 13.0 Å². The Hall–Kier alpha value is -1.55. The first-order valence-electron chi connectivity index (χ1n) is 6.76. The van der Waals surface area contributed by atoms with Crippen molar-refractivity contribution in [3.05, 3.63) is 28.8 Å². The minimum Gasteiger partial charge on any atom is -0.342 e. The van der Waals surface area contributed by atoms with Crippen LogP contribution in [0.3, 0.4) is 0 Å². The summed E-state index contributed by atoms with van der Waals surface area (Å²) in [4.78, 5) is 26.1. The minimum absolute atomic E-state index is 0.103. The molecule has 0 bridgehead atoms. The van der Waals surface area contributed by atoms with E-state index in [0.717, 1.165) is 5.56 Å². The maximum absolute atomic E-state index is 12.7. The molecule has 20 heavy (non-hydrogen) atoms. The van der Waals surface area contributed by atoms with Gasteiger partial charge in [-0.05, 0) is 38.0 Å². The van der Waals surface area contributed by atoms with Crippen molar-refractivity contribution in [3.8, 4) is 0 Å². The summed E-state index contributed by atoms with van der Waals surface area (Å²) >= 11 is 6.25. The lowest BCUT2D eigenvalue weighted by Gasteiger charge is -2.31. The molecule has 0 saturated carbocycles. The van der Waals surface area contributed by atoms with Gasteiger partial charge in [-0.25, -0.2) is 0 Å². The van der Waals surface area contributed by atoms with Gasteiger partial charge >= 0.3 is 0 Å². The average Bonchev–Trinajstić information content (AvgIpc) is 2.50. The van der Waals surface area contributed by atoms with E-state index in [1.54, 1.807) is 11.8 Å². The van der Waals surface area contributed by atoms with Crippen molar-refractivity contribution in [2.24, 2.45) is 0 Å². The summed E-state index contributed by atoms with van der Waals surface area (Å²) in [5, 5.41) is 3.35. The standard InChI is InChI=1S/C15H19ClN2O2/c1-4-15(3)14(20)18(8-7-13(19)17-15)12-6-5-10(2)9-11(12)16/h5-6,9H,4,7-8H2,1-3H3,(H,17,19). The zero-order chi connectivity index (χ0) is 14.9. The van der Waals surface area contributed by atoms with Gasteiger partial charge < -0.3 is 10.2 Å². The predicted octanol–water partition coefficient (Wildman–Crippen LogP) is 2.67. The molecule has 0 aromatic heterocycles. The van der Waals surface area contributed by atoms with E-state index in [4.69, 9.17) is 11.6 Å². The van der Waals surface area contributed by atoms with Crippen LogP contribution in [0.2, 0.25) is 5.02 Å². The number of aryl methyl sites for hydroxylation is 1. The molecule has 1 unspecified atom stereocenters. The van der Waals surface area contributed by atoms with E-state index in [1.807, 2.05) is 32.0 Å². The first-order valence-corrected chi connectivity index (χ1v) is 7.14. The molecule has 5 heteroatoms. The van der Waals surface area contributed by atoms with Crippen LogP contribution in [0.4, 0.5) is 5.69 Å². The normalized spacial score (nSPS) is 23.5. The van der Waals surface area contributed by atoms with Gasteiger partial charge in [-0.1, -0.05) is 24.6 Å². The van der Waals surface area contributed by atoms with E-state index >= 15 is 0 Å². The van der Waals surface area contributed by atoms with Crippen LogP contribution >= 0.6 is 11.6 Å². The fraction of sp³-hybridized carbons (Fsp3) is 0.467. The fourth-order valence-corrected chi connectivity index (χ4v) is 2.67. The van der Waals surface area contributed by atoms with Gasteiger partial charge in [0.2, 0.25) is 5.91 Å². The Morgan fingerprint density at radius 1 is 1.40 bits per heavy atom. The van der Waals surface area contributed by atoms with E-state index in [-0.39, 0.29) is 18.2 Å². The van der Waals surface area contributed by atoms with Gasteiger partial charge in [0.1, 0.15) is 5.54 Å². The number of rotatable bonds is 2. The van der Waals surface area contributed by atoms with Crippen molar-refractivity contribution in [3.63, 3.8) is 0 Å². The molecule has 0 spiro atoms. The molecule has 2 amide bonds. The number of benzene rings is 1. The molecule has 108 valence electrons. The monoisotopic (exact) mass is 294 g/mol. The fourth-order valence-electron chi connectivity index (χ4n) is 2.34. The van der Waals surface area contributed by atoms with Crippen LogP contribution in [0, 0.1) is 6.92 Å². The summed E-state index contributed by atoms with van der Waals surface area (Å²) in [6.45, 7) is 5.94. The third-order valence-corrected chi connectivity index (χ3v) is 4.10. The van der Waals surface area contributed by atoms with Crippen molar-refractivity contribution in [2.45, 2.75) is 39.2 Å². The number of anilines is 1. The van der Waals surface area contributed by atoms with Gasteiger partial charge in [-0.2, -0.15) is 0 Å². The van der Waals surface area contributed by atoms with Crippen molar-refractivity contribution in [1.29, 1.82) is 0 Å². The predicted molar refractivity (Wildman–Crippen MR) is 80.0 cm³/mol. The molecule has 0 radical (unpaired) electrons. The second-order valence-electron chi connectivity index (χ2n) is 5.40. The largest absolute Gasteiger partial charge is 0.342 e. The SMILES string of the molecule is CCC1(C)NC(=O)CCN(c2ccc(C)cc2Cl)C1=O. The molecule has 1 saturated heterocycles. The Bertz CT molecular complexity index is 559. The van der Waals surface area contributed by atoms with Crippen LogP contribution < -0.4 is 10.2 Å². The number of hydrogen-bond donors (Lipinski definition) is 1. The maximum Gasteiger partial charge on any atom is 0.252 e. The molecule has 1 fully saturated rings. The first kappa shape index (κ1) is 14.9. The highest BCUT2D eigenvalue weighted by molar-refractivity contribution is 6.34. The number of hydrogen-bond acceptors (Lipinski definition) is 2. The van der Waals surface area contributed by atoms with E-state index in [9.17, 15) is 9.59 Å². The lowest BCUT2D eigenvalue weighted by atomic mass is 9.97. The van der Waals surface area contributed by atoms with Crippen molar-refractivity contribution < 1.29 is 9.59 Å². The summed E-state index contributed by atoms with van der Waals surface area (Å²) in [7, 11) is 0. The second kappa shape index (κ2) is 5.44. The van der Waals surface area contributed by atoms with Crippen molar-refractivity contribution in [1.82, 2.24) is 5.32 Å².